The highest BCUT2D eigenvalue weighted by molar-refractivity contribution is 6.00. The summed E-state index contributed by atoms with van der Waals surface area (Å²) in [6.07, 6.45) is 9.73. The second kappa shape index (κ2) is 8.55. The molecule has 146 valence electrons. The topological polar surface area (TPSA) is 53.5 Å². The van der Waals surface area contributed by atoms with Gasteiger partial charge in [0, 0.05) is 37.6 Å². The number of rotatable bonds is 6. The van der Waals surface area contributed by atoms with E-state index in [1.165, 1.54) is 32.1 Å². The number of hydrogen-bond acceptors (Lipinski definition) is 3. The number of amides is 2. The van der Waals surface area contributed by atoms with Crippen molar-refractivity contribution in [1.82, 2.24) is 14.8 Å². The average molecular weight is 377 g/mol. The van der Waals surface area contributed by atoms with E-state index in [9.17, 15) is 9.59 Å². The summed E-state index contributed by atoms with van der Waals surface area (Å²) in [5, 5.41) is 0. The Labute approximate surface area is 166 Å². The van der Waals surface area contributed by atoms with Gasteiger partial charge in [0.2, 0.25) is 5.91 Å². The van der Waals surface area contributed by atoms with Gasteiger partial charge in [-0.1, -0.05) is 43.5 Å². The van der Waals surface area contributed by atoms with Gasteiger partial charge in [-0.3, -0.25) is 14.6 Å². The molecule has 2 aliphatic rings. The molecule has 1 aromatic heterocycles. The van der Waals surface area contributed by atoms with Crippen LogP contribution in [0.3, 0.4) is 0 Å². The lowest BCUT2D eigenvalue weighted by Gasteiger charge is -2.31. The van der Waals surface area contributed by atoms with Crippen LogP contribution >= 0.6 is 0 Å². The highest BCUT2D eigenvalue weighted by Gasteiger charge is 2.30. The van der Waals surface area contributed by atoms with E-state index in [4.69, 9.17) is 0 Å². The zero-order valence-corrected chi connectivity index (χ0v) is 16.2. The lowest BCUT2D eigenvalue weighted by molar-refractivity contribution is -0.133. The fraction of sp³-hybridized carbons (Fsp3) is 0.435. The fourth-order valence-corrected chi connectivity index (χ4v) is 4.35. The summed E-state index contributed by atoms with van der Waals surface area (Å²) in [5.41, 5.74) is 2.76. The number of aromatic nitrogens is 1. The van der Waals surface area contributed by atoms with Crippen molar-refractivity contribution in [3.63, 3.8) is 0 Å². The largest absolute Gasteiger partial charge is 0.336 e. The SMILES string of the molecule is O=C(CN1Cc2ccccc2C1=O)N(Cc1cccnc1)CC1CCCCC1. The van der Waals surface area contributed by atoms with Crippen molar-refractivity contribution < 1.29 is 9.59 Å². The van der Waals surface area contributed by atoms with Gasteiger partial charge >= 0.3 is 0 Å². The quantitative estimate of drug-likeness (QED) is 0.772. The van der Waals surface area contributed by atoms with Crippen LogP contribution in [0.25, 0.3) is 0 Å². The molecule has 5 heteroatoms. The van der Waals surface area contributed by atoms with Crippen LogP contribution in [0.4, 0.5) is 0 Å². The minimum atomic E-state index is -0.0389. The van der Waals surface area contributed by atoms with Gasteiger partial charge in [0.05, 0.1) is 0 Å². The molecule has 0 radical (unpaired) electrons. The second-order valence-corrected chi connectivity index (χ2v) is 7.96. The van der Waals surface area contributed by atoms with E-state index in [0.717, 1.165) is 23.2 Å². The van der Waals surface area contributed by atoms with Crippen molar-refractivity contribution in [2.24, 2.45) is 5.92 Å². The minimum absolute atomic E-state index is 0.0237. The van der Waals surface area contributed by atoms with Gasteiger partial charge < -0.3 is 9.80 Å². The van der Waals surface area contributed by atoms with Crippen LogP contribution in [0.15, 0.2) is 48.8 Å². The summed E-state index contributed by atoms with van der Waals surface area (Å²) < 4.78 is 0. The zero-order chi connectivity index (χ0) is 19.3. The van der Waals surface area contributed by atoms with E-state index in [1.54, 1.807) is 11.1 Å². The normalized spacial score (nSPS) is 16.9. The second-order valence-electron chi connectivity index (χ2n) is 7.96. The molecular formula is C23H27N3O2. The molecule has 2 amide bonds. The van der Waals surface area contributed by atoms with Crippen LogP contribution in [-0.2, 0) is 17.9 Å². The smallest absolute Gasteiger partial charge is 0.254 e. The van der Waals surface area contributed by atoms with E-state index in [2.05, 4.69) is 4.98 Å². The van der Waals surface area contributed by atoms with Crippen LogP contribution in [-0.4, -0.2) is 39.7 Å². The first-order valence-corrected chi connectivity index (χ1v) is 10.2. The first-order valence-electron chi connectivity index (χ1n) is 10.2. The number of carbonyl (C=O) groups is 2. The molecular weight excluding hydrogens is 350 g/mol. The maximum atomic E-state index is 13.2. The van der Waals surface area contributed by atoms with Crippen LogP contribution in [0, 0.1) is 5.92 Å². The van der Waals surface area contributed by atoms with Gasteiger partial charge in [-0.2, -0.15) is 0 Å². The molecule has 0 spiro atoms. The highest BCUT2D eigenvalue weighted by Crippen LogP contribution is 2.26. The van der Waals surface area contributed by atoms with E-state index in [-0.39, 0.29) is 18.4 Å². The zero-order valence-electron chi connectivity index (χ0n) is 16.2. The van der Waals surface area contributed by atoms with Crippen LogP contribution in [0.5, 0.6) is 0 Å². The van der Waals surface area contributed by atoms with E-state index >= 15 is 0 Å². The Morgan fingerprint density at radius 3 is 2.68 bits per heavy atom. The molecule has 1 fully saturated rings. The molecule has 1 saturated carbocycles. The maximum absolute atomic E-state index is 13.2. The first-order chi connectivity index (χ1) is 13.7. The molecule has 28 heavy (non-hydrogen) atoms. The van der Waals surface area contributed by atoms with Gasteiger partial charge in [0.1, 0.15) is 6.54 Å². The number of carbonyl (C=O) groups excluding carboxylic acids is 2. The molecule has 4 rings (SSSR count). The molecule has 0 bridgehead atoms. The molecule has 0 atom stereocenters. The summed E-state index contributed by atoms with van der Waals surface area (Å²) in [7, 11) is 0. The predicted octanol–water partition coefficient (Wildman–Crippen LogP) is 3.65. The number of nitrogens with zero attached hydrogens (tertiary/aromatic N) is 3. The van der Waals surface area contributed by atoms with Gasteiger partial charge in [-0.05, 0) is 42.0 Å². The molecule has 0 unspecified atom stereocenters. The monoisotopic (exact) mass is 377 g/mol. The molecule has 0 saturated heterocycles. The fourth-order valence-electron chi connectivity index (χ4n) is 4.35. The summed E-state index contributed by atoms with van der Waals surface area (Å²) in [4.78, 5) is 33.6. The van der Waals surface area contributed by atoms with Crippen molar-refractivity contribution >= 4 is 11.8 Å². The van der Waals surface area contributed by atoms with Crippen molar-refractivity contribution in [2.45, 2.75) is 45.2 Å². The van der Waals surface area contributed by atoms with Gasteiger partial charge in [0.25, 0.3) is 5.91 Å². The Morgan fingerprint density at radius 2 is 1.93 bits per heavy atom. The predicted molar refractivity (Wildman–Crippen MR) is 107 cm³/mol. The van der Waals surface area contributed by atoms with Gasteiger partial charge in [0.15, 0.2) is 0 Å². The van der Waals surface area contributed by atoms with E-state index in [0.29, 0.717) is 19.0 Å². The van der Waals surface area contributed by atoms with E-state index < -0.39 is 0 Å². The van der Waals surface area contributed by atoms with Gasteiger partial charge in [-0.25, -0.2) is 0 Å². The summed E-state index contributed by atoms with van der Waals surface area (Å²) in [6.45, 7) is 1.98. The Bertz CT molecular complexity index is 831. The Kier molecular flexibility index (Phi) is 5.70. The van der Waals surface area contributed by atoms with Crippen LogP contribution in [0.1, 0.15) is 53.6 Å². The Hall–Kier alpha value is -2.69. The van der Waals surface area contributed by atoms with Crippen molar-refractivity contribution in [3.05, 3.63) is 65.5 Å². The maximum Gasteiger partial charge on any atom is 0.254 e. The molecule has 2 aromatic rings. The standard InChI is InChI=1S/C23H27N3O2/c27-22(17-26-16-20-10-4-5-11-21(20)23(26)28)25(14-18-7-2-1-3-8-18)15-19-9-6-12-24-13-19/h4-6,9-13,18H,1-3,7-8,14-17H2. The first kappa shape index (κ1) is 18.7. The van der Waals surface area contributed by atoms with Crippen molar-refractivity contribution in [3.8, 4) is 0 Å². The lowest BCUT2D eigenvalue weighted by atomic mass is 9.89. The molecule has 0 N–H and O–H groups in total. The third kappa shape index (κ3) is 4.24. The molecule has 2 heterocycles. The number of hydrogen-bond donors (Lipinski definition) is 0. The Balaban J connectivity index is 1.45. The average Bonchev–Trinajstić information content (AvgIpc) is 3.05. The Morgan fingerprint density at radius 1 is 1.11 bits per heavy atom. The highest BCUT2D eigenvalue weighted by atomic mass is 16.2. The van der Waals surface area contributed by atoms with Gasteiger partial charge in [-0.15, -0.1) is 0 Å². The summed E-state index contributed by atoms with van der Waals surface area (Å²) in [6, 6.07) is 11.5. The molecule has 1 aromatic carbocycles. The lowest BCUT2D eigenvalue weighted by Crippen LogP contribution is -2.42. The summed E-state index contributed by atoms with van der Waals surface area (Å²) in [5.74, 6) is 0.541. The molecule has 1 aliphatic carbocycles. The van der Waals surface area contributed by atoms with Crippen LogP contribution < -0.4 is 0 Å². The van der Waals surface area contributed by atoms with Crippen molar-refractivity contribution in [2.75, 3.05) is 13.1 Å². The number of fused-ring (bicyclic) bond motifs is 1. The van der Waals surface area contributed by atoms with Crippen LogP contribution in [0.2, 0.25) is 0 Å². The third-order valence-corrected chi connectivity index (χ3v) is 5.87. The van der Waals surface area contributed by atoms with Crippen molar-refractivity contribution in [1.29, 1.82) is 0 Å². The number of pyridine rings is 1. The third-order valence-electron chi connectivity index (χ3n) is 5.87. The molecule has 1 aliphatic heterocycles. The summed E-state index contributed by atoms with van der Waals surface area (Å²) >= 11 is 0. The van der Waals surface area contributed by atoms with E-state index in [1.807, 2.05) is 47.5 Å². The minimum Gasteiger partial charge on any atom is -0.336 e. The molecule has 5 nitrogen and oxygen atoms in total. The number of benzene rings is 1.